The smallest absolute Gasteiger partial charge is 0.315 e. The monoisotopic (exact) mass is 1320 g/mol. The Morgan fingerprint density at radius 1 is 0.559 bits per heavy atom. The van der Waals surface area contributed by atoms with Gasteiger partial charge < -0.3 is 51.5 Å². The second kappa shape index (κ2) is 32.6. The lowest BCUT2D eigenvalue weighted by atomic mass is 9.79. The van der Waals surface area contributed by atoms with Gasteiger partial charge in [-0.25, -0.2) is 36.0 Å². The topological polar surface area (TPSA) is 329 Å². The Morgan fingerprint density at radius 2 is 0.957 bits per heavy atom. The summed E-state index contributed by atoms with van der Waals surface area (Å²) in [5.41, 5.74) is 1.53. The number of piperazine rings is 2. The standard InChI is InChI=1S/C33H47FN8O5.C31H46FN7O6S/c1-5-25-29(40-47-39-25)31(44)37-28(21-8-6-19(2)7-9-21)30(43)36-26-13-10-22(18-24(26)34)20(3)27(38-33(46)35-23-11-12-23)32(45)42-16-14-41(4)15-17-42;1-6-24-28(36-45-35-24)30(41)34-27(21-10-8-19(3)9-11-21)29(40)33-25-13-12-22(18-23(25)32)20(4)26(37-46(43,44)7-2)31(42)39-16-14-38(5)15-17-39/h10,13,18-21,23,27-28H,5-9,11-12,14-17H2,1-4H3,(H,36,43)(H,37,44)(H2,35,38,46);12-13,18-21,26-27,37H,6-11,14-17H2,1-5H3,(H,33,40)(H,34,41)/t19?,20-,21?,27+,28-;19?,20-,21?,26+,27-/m00/s1. The van der Waals surface area contributed by atoms with Crippen LogP contribution in [0.2, 0.25) is 0 Å². The Labute approximate surface area is 542 Å². The molecule has 2 aromatic heterocycles. The van der Waals surface area contributed by atoms with Crippen LogP contribution in [0.1, 0.15) is 168 Å². The predicted octanol–water partition coefficient (Wildman–Crippen LogP) is 5.56. The molecule has 29 heteroatoms. The number of urea groups is 1. The van der Waals surface area contributed by atoms with Crippen LogP contribution in [0.5, 0.6) is 0 Å². The normalized spacial score (nSPS) is 21.7. The quantitative estimate of drug-likeness (QED) is 0.0478. The first-order valence-corrected chi connectivity index (χ1v) is 34.5. The van der Waals surface area contributed by atoms with Crippen LogP contribution in [-0.2, 0) is 42.0 Å². The largest absolute Gasteiger partial charge is 0.339 e. The third-order valence-corrected chi connectivity index (χ3v) is 20.4. The number of sulfonamides is 1. The van der Waals surface area contributed by atoms with E-state index in [-0.39, 0.29) is 58.2 Å². The van der Waals surface area contributed by atoms with Gasteiger partial charge in [0.25, 0.3) is 11.8 Å². The number of carbonyl (C=O) groups is 7. The minimum absolute atomic E-state index is 0.00775. The summed E-state index contributed by atoms with van der Waals surface area (Å²) < 4.78 is 68.4. The number of likely N-dealkylation sites (N-methyl/N-ethyl adjacent to an activating group) is 2. The number of hydrogen-bond acceptors (Lipinski definition) is 17. The van der Waals surface area contributed by atoms with E-state index in [2.05, 4.69) is 80.9 Å². The molecule has 26 nitrogen and oxygen atoms in total. The average Bonchev–Trinajstić information content (AvgIpc) is 1.42. The Bertz CT molecular complexity index is 3350. The van der Waals surface area contributed by atoms with Gasteiger partial charge in [0, 0.05) is 70.2 Å². The fraction of sp³-hybridized carbons (Fsp3) is 0.641. The second-order valence-corrected chi connectivity index (χ2v) is 28.0. The molecule has 6 atom stereocenters. The summed E-state index contributed by atoms with van der Waals surface area (Å²) in [5.74, 6) is -5.07. The van der Waals surface area contributed by atoms with Gasteiger partial charge in [0.1, 0.15) is 47.2 Å². The molecule has 4 heterocycles. The number of nitrogens with one attached hydrogen (secondary N) is 7. The number of benzene rings is 2. The van der Waals surface area contributed by atoms with E-state index >= 15 is 8.78 Å². The zero-order valence-electron chi connectivity index (χ0n) is 54.9. The summed E-state index contributed by atoms with van der Waals surface area (Å²) >= 11 is 0. The number of aromatic nitrogens is 4. The summed E-state index contributed by atoms with van der Waals surface area (Å²) in [6, 6.07) is 4.32. The lowest BCUT2D eigenvalue weighted by Gasteiger charge is -2.36. The van der Waals surface area contributed by atoms with Gasteiger partial charge in [-0.15, -0.1) is 0 Å². The highest BCUT2D eigenvalue weighted by Gasteiger charge is 2.40. The Morgan fingerprint density at radius 3 is 1.33 bits per heavy atom. The first kappa shape index (κ1) is 71.4. The van der Waals surface area contributed by atoms with Gasteiger partial charge in [0.05, 0.1) is 17.1 Å². The molecule has 0 radical (unpaired) electrons. The van der Waals surface area contributed by atoms with Crippen LogP contribution < -0.4 is 36.6 Å². The average molecular weight is 1320 g/mol. The predicted molar refractivity (Wildman–Crippen MR) is 342 cm³/mol. The van der Waals surface area contributed by atoms with Gasteiger partial charge in [0.2, 0.25) is 33.7 Å². The molecule has 510 valence electrons. The number of anilines is 2. The summed E-state index contributed by atoms with van der Waals surface area (Å²) in [4.78, 5) is 101. The van der Waals surface area contributed by atoms with Crippen LogP contribution >= 0.6 is 0 Å². The van der Waals surface area contributed by atoms with E-state index in [1.165, 1.54) is 31.2 Å². The van der Waals surface area contributed by atoms with Crippen LogP contribution in [0.15, 0.2) is 45.7 Å². The van der Waals surface area contributed by atoms with Gasteiger partial charge in [0.15, 0.2) is 11.4 Å². The molecule has 93 heavy (non-hydrogen) atoms. The number of halogens is 2. The van der Waals surface area contributed by atoms with Crippen molar-refractivity contribution in [3.05, 3.63) is 81.9 Å². The van der Waals surface area contributed by atoms with E-state index in [1.807, 2.05) is 21.0 Å². The lowest BCUT2D eigenvalue weighted by Crippen LogP contribution is -2.57. The molecule has 8 amide bonds. The molecule has 4 aromatic rings. The minimum Gasteiger partial charge on any atom is -0.339 e. The molecule has 9 rings (SSSR count). The van der Waals surface area contributed by atoms with E-state index in [9.17, 15) is 42.0 Å². The van der Waals surface area contributed by atoms with Gasteiger partial charge in [-0.05, 0) is 142 Å². The molecule has 7 N–H and O–H groups in total. The van der Waals surface area contributed by atoms with E-state index < -0.39 is 87.3 Å². The van der Waals surface area contributed by atoms with Crippen LogP contribution in [0.3, 0.4) is 0 Å². The molecule has 0 unspecified atom stereocenters. The molecule has 0 bridgehead atoms. The number of carbonyl (C=O) groups excluding carboxylic acids is 7. The second-order valence-electron chi connectivity index (χ2n) is 25.9. The summed E-state index contributed by atoms with van der Waals surface area (Å²) in [6.07, 6.45) is 9.18. The summed E-state index contributed by atoms with van der Waals surface area (Å²) in [6.45, 7) is 17.6. The van der Waals surface area contributed by atoms with E-state index in [1.54, 1.807) is 42.7 Å². The molecule has 2 aromatic carbocycles. The molecule has 3 saturated carbocycles. The minimum atomic E-state index is -3.76. The number of aryl methyl sites for hydroxylation is 2. The van der Waals surface area contributed by atoms with Crippen molar-refractivity contribution in [1.82, 2.24) is 66.2 Å². The molecule has 0 spiro atoms. The molecule has 5 aliphatic rings. The van der Waals surface area contributed by atoms with Gasteiger partial charge in [-0.2, -0.15) is 0 Å². The maximum absolute atomic E-state index is 15.7. The van der Waals surface area contributed by atoms with E-state index in [0.29, 0.717) is 99.3 Å². The van der Waals surface area contributed by atoms with Crippen molar-refractivity contribution in [2.45, 2.75) is 168 Å². The highest BCUT2D eigenvalue weighted by atomic mass is 32.2. The van der Waals surface area contributed by atoms with Gasteiger partial charge >= 0.3 is 6.03 Å². The van der Waals surface area contributed by atoms with Crippen molar-refractivity contribution >= 4 is 62.9 Å². The fourth-order valence-electron chi connectivity index (χ4n) is 12.4. The van der Waals surface area contributed by atoms with E-state index in [0.717, 1.165) is 64.5 Å². The van der Waals surface area contributed by atoms with Crippen LogP contribution in [0, 0.1) is 35.3 Å². The zero-order chi connectivity index (χ0) is 67.3. The van der Waals surface area contributed by atoms with Crippen molar-refractivity contribution in [1.29, 1.82) is 0 Å². The molecular weight excluding hydrogens is 1220 g/mol. The number of hydrogen-bond donors (Lipinski definition) is 7. The van der Waals surface area contributed by atoms with Gasteiger partial charge in [-0.1, -0.05) is 89.7 Å². The Balaban J connectivity index is 0.000000239. The highest BCUT2D eigenvalue weighted by Crippen LogP contribution is 2.35. The Hall–Kier alpha value is -7.50. The van der Waals surface area contributed by atoms with Gasteiger partial charge in [-0.3, -0.25) is 28.8 Å². The summed E-state index contributed by atoms with van der Waals surface area (Å²) in [7, 11) is 0.183. The van der Waals surface area contributed by atoms with Crippen molar-refractivity contribution in [3.8, 4) is 0 Å². The van der Waals surface area contributed by atoms with Crippen LogP contribution in [0.25, 0.3) is 0 Å². The highest BCUT2D eigenvalue weighted by molar-refractivity contribution is 7.89. The first-order chi connectivity index (χ1) is 44.4. The molecule has 5 fully saturated rings. The molecular formula is C64H93F2N15O11S. The molecule has 3 aliphatic carbocycles. The maximum atomic E-state index is 15.7. The van der Waals surface area contributed by atoms with Crippen LogP contribution in [0.4, 0.5) is 25.0 Å². The molecule has 2 aliphatic heterocycles. The SMILES string of the molecule is CCc1nonc1C(=O)N[C@H](C(=O)Nc1ccc([C@H](C)[C@@H](NC(=O)NC2CC2)C(=O)N2CCN(C)CC2)cc1F)C1CCC(C)CC1.CCc1nonc1C(=O)N[C@H](C(=O)Nc1ccc([C@H](C)[C@@H](NS(=O)(=O)CC)C(=O)N2CCN(C)CC2)cc1F)C1CCC(C)CC1. The number of nitrogens with zero attached hydrogens (tertiary/aromatic N) is 8. The van der Waals surface area contributed by atoms with Crippen molar-refractivity contribution in [2.75, 3.05) is 82.8 Å². The fourth-order valence-corrected chi connectivity index (χ4v) is 13.3. The third-order valence-electron chi connectivity index (χ3n) is 19.0. The molecule has 2 saturated heterocycles. The summed E-state index contributed by atoms with van der Waals surface area (Å²) in [5, 5.41) is 31.6. The number of amides is 8. The van der Waals surface area contributed by atoms with E-state index in [4.69, 9.17) is 9.26 Å². The maximum Gasteiger partial charge on any atom is 0.315 e. The van der Waals surface area contributed by atoms with Crippen molar-refractivity contribution in [2.24, 2.45) is 23.7 Å². The van der Waals surface area contributed by atoms with Crippen molar-refractivity contribution < 1.29 is 60.0 Å². The number of rotatable bonds is 23. The van der Waals surface area contributed by atoms with Crippen molar-refractivity contribution in [3.63, 3.8) is 0 Å². The zero-order valence-corrected chi connectivity index (χ0v) is 55.7. The Kier molecular flexibility index (Phi) is 25.0. The first-order valence-electron chi connectivity index (χ1n) is 32.8. The third kappa shape index (κ3) is 19.1. The lowest BCUT2D eigenvalue weighted by molar-refractivity contribution is -0.135. The van der Waals surface area contributed by atoms with Crippen LogP contribution in [-0.4, -0.2) is 193 Å².